The molecule has 0 N–H and O–H groups in total. The molecule has 9 nitrogen and oxygen atoms in total. The molecule has 0 spiro atoms. The van der Waals surface area contributed by atoms with Crippen molar-refractivity contribution in [2.75, 3.05) is 18.0 Å². The van der Waals surface area contributed by atoms with Gasteiger partial charge in [0, 0.05) is 0 Å². The van der Waals surface area contributed by atoms with Crippen LogP contribution in [0.25, 0.3) is 22.0 Å². The zero-order valence-electron chi connectivity index (χ0n) is 23.0. The van der Waals surface area contributed by atoms with Gasteiger partial charge in [-0.25, -0.2) is 0 Å². The first-order valence-electron chi connectivity index (χ1n) is 12.6. The van der Waals surface area contributed by atoms with Crippen LogP contribution in [-0.4, -0.2) is 79.2 Å². The molecular formula is C28H34AsN5O4. The van der Waals surface area contributed by atoms with Crippen molar-refractivity contribution in [1.82, 2.24) is 19.9 Å². The summed E-state index contributed by atoms with van der Waals surface area (Å²) in [5, 5.41) is 1.75. The topological polar surface area (TPSA) is 97.8 Å². The Morgan fingerprint density at radius 2 is 1.79 bits per heavy atom. The molecule has 4 rings (SSSR count). The van der Waals surface area contributed by atoms with Crippen molar-refractivity contribution in [1.29, 1.82) is 0 Å². The number of ether oxygens (including phenoxy) is 2. The first-order valence-corrected chi connectivity index (χ1v) is 13.6. The van der Waals surface area contributed by atoms with Crippen molar-refractivity contribution in [3.63, 3.8) is 0 Å². The second kappa shape index (κ2) is 10.5. The number of pyridine rings is 3. The number of aryl methyl sites for hydroxylation is 1. The van der Waals surface area contributed by atoms with Gasteiger partial charge in [0.15, 0.2) is 0 Å². The van der Waals surface area contributed by atoms with Crippen LogP contribution in [0.5, 0.6) is 0 Å². The summed E-state index contributed by atoms with van der Waals surface area (Å²) in [6.45, 7) is 13.8. The van der Waals surface area contributed by atoms with Gasteiger partial charge in [0.05, 0.1) is 0 Å². The second-order valence-electron chi connectivity index (χ2n) is 11.5. The fourth-order valence-electron chi connectivity index (χ4n) is 4.31. The zero-order valence-corrected chi connectivity index (χ0v) is 24.9. The van der Waals surface area contributed by atoms with Crippen molar-refractivity contribution < 1.29 is 19.1 Å². The molecule has 0 aromatic carbocycles. The maximum absolute atomic E-state index is 13.5. The van der Waals surface area contributed by atoms with E-state index in [9.17, 15) is 9.59 Å². The predicted octanol–water partition coefficient (Wildman–Crippen LogP) is 4.54. The number of nitrogens with zero attached hydrogens (tertiary/aromatic N) is 5. The minimum absolute atomic E-state index is 0.318. The molecule has 38 heavy (non-hydrogen) atoms. The summed E-state index contributed by atoms with van der Waals surface area (Å²) in [7, 11) is 0. The summed E-state index contributed by atoms with van der Waals surface area (Å²) < 4.78 is 12.1. The van der Waals surface area contributed by atoms with Gasteiger partial charge in [0.25, 0.3) is 0 Å². The molecule has 2 amide bonds. The third kappa shape index (κ3) is 6.44. The number of likely N-dealkylation sites (tertiary alicyclic amines) is 1. The molecule has 0 unspecified atom stereocenters. The third-order valence-corrected chi connectivity index (χ3v) is 6.73. The van der Waals surface area contributed by atoms with E-state index in [1.54, 1.807) is 28.4 Å². The average Bonchev–Trinajstić information content (AvgIpc) is 3.27. The van der Waals surface area contributed by atoms with Crippen molar-refractivity contribution in [3.8, 4) is 11.3 Å². The van der Waals surface area contributed by atoms with E-state index in [2.05, 4.69) is 26.8 Å². The molecule has 0 aliphatic carbocycles. The van der Waals surface area contributed by atoms with Crippen LogP contribution in [0.15, 0.2) is 36.8 Å². The number of rotatable bonds is 3. The van der Waals surface area contributed by atoms with Gasteiger partial charge in [-0.1, -0.05) is 0 Å². The SMILES string of the molecule is Cc1ccncc1-c1cc2cc(N(C(=O)OC(C)(C)C)[C@H]3CCN(C(=O)OC(C)(C)C)C3)ncc2c([As])n1. The number of hydrogen-bond acceptors (Lipinski definition) is 7. The monoisotopic (exact) mass is 579 g/mol. The van der Waals surface area contributed by atoms with E-state index < -0.39 is 23.4 Å². The Balaban J connectivity index is 1.72. The summed E-state index contributed by atoms with van der Waals surface area (Å²) in [5.41, 5.74) is 1.49. The fourth-order valence-corrected chi connectivity index (χ4v) is 4.93. The Hall–Kier alpha value is -3.19. The molecule has 1 saturated heterocycles. The third-order valence-electron chi connectivity index (χ3n) is 6.01. The number of carbonyl (C=O) groups excluding carboxylic acids is 2. The minimum atomic E-state index is -0.696. The molecule has 3 aromatic heterocycles. The molecule has 2 radical (unpaired) electrons. The molecule has 1 atom stereocenters. The van der Waals surface area contributed by atoms with E-state index >= 15 is 0 Å². The molecule has 10 heteroatoms. The van der Waals surface area contributed by atoms with Gasteiger partial charge in [0.1, 0.15) is 0 Å². The molecule has 4 heterocycles. The Kier molecular flexibility index (Phi) is 7.71. The molecule has 1 fully saturated rings. The molecule has 1 aliphatic rings. The average molecular weight is 580 g/mol. The van der Waals surface area contributed by atoms with Gasteiger partial charge in [-0.05, 0) is 20.8 Å². The number of fused-ring (bicyclic) bond motifs is 1. The van der Waals surface area contributed by atoms with E-state index in [-0.39, 0.29) is 6.04 Å². The first kappa shape index (κ1) is 27.8. The number of amides is 2. The Morgan fingerprint density at radius 1 is 1.08 bits per heavy atom. The Bertz CT molecular complexity index is 1370. The van der Waals surface area contributed by atoms with Crippen LogP contribution in [0, 0.1) is 6.92 Å². The van der Waals surface area contributed by atoms with Gasteiger partial charge >= 0.3 is 212 Å². The predicted molar refractivity (Wildman–Crippen MR) is 148 cm³/mol. The molecule has 200 valence electrons. The Labute approximate surface area is 232 Å². The zero-order chi connectivity index (χ0) is 27.8. The normalized spacial score (nSPS) is 16.0. The van der Waals surface area contributed by atoms with Crippen LogP contribution in [0.1, 0.15) is 53.5 Å². The van der Waals surface area contributed by atoms with Crippen molar-refractivity contribution in [2.24, 2.45) is 0 Å². The van der Waals surface area contributed by atoms with Gasteiger partial charge < -0.3 is 0 Å². The summed E-state index contributed by atoms with van der Waals surface area (Å²) in [6, 6.07) is 5.49. The number of aromatic nitrogens is 3. The summed E-state index contributed by atoms with van der Waals surface area (Å²) >= 11 is 2.49. The molecule has 3 aromatic rings. The van der Waals surface area contributed by atoms with Crippen LogP contribution < -0.4 is 9.38 Å². The van der Waals surface area contributed by atoms with E-state index in [0.717, 1.165) is 32.1 Å². The van der Waals surface area contributed by atoms with Crippen molar-refractivity contribution >= 4 is 50.1 Å². The van der Waals surface area contributed by atoms with Gasteiger partial charge in [-0.15, -0.1) is 0 Å². The Morgan fingerprint density at radius 3 is 2.45 bits per heavy atom. The van der Waals surface area contributed by atoms with Crippen LogP contribution in [-0.2, 0) is 9.47 Å². The summed E-state index contributed by atoms with van der Waals surface area (Å²) in [6.07, 6.45) is 4.95. The summed E-state index contributed by atoms with van der Waals surface area (Å²) in [4.78, 5) is 43.1. The van der Waals surface area contributed by atoms with Crippen LogP contribution in [0.3, 0.4) is 0 Å². The standard InChI is InChI=1S/C28H34AsN5O4/c1-17-8-10-30-14-20(17)22-12-18-13-23(31-15-21(18)24(29)32-22)34(26(36)38-28(5,6)7)19-9-11-33(16-19)25(35)37-27(2,3)4/h8,10,12-15,19H,9,11,16H2,1-7H3/t19-/m0/s1. The molecule has 0 bridgehead atoms. The molecule has 1 aliphatic heterocycles. The molecule has 0 saturated carbocycles. The van der Waals surface area contributed by atoms with E-state index in [1.807, 2.05) is 66.7 Å². The quantitative estimate of drug-likeness (QED) is 0.420. The van der Waals surface area contributed by atoms with Gasteiger partial charge in [-0.3, -0.25) is 0 Å². The van der Waals surface area contributed by atoms with Gasteiger partial charge in [-0.2, -0.15) is 0 Å². The molecular weight excluding hydrogens is 545 g/mol. The van der Waals surface area contributed by atoms with Crippen LogP contribution in [0.4, 0.5) is 15.4 Å². The van der Waals surface area contributed by atoms with E-state index in [0.29, 0.717) is 25.3 Å². The summed E-state index contributed by atoms with van der Waals surface area (Å²) in [5.74, 6) is 0.453. The number of anilines is 1. The van der Waals surface area contributed by atoms with Crippen molar-refractivity contribution in [3.05, 3.63) is 42.4 Å². The first-order chi connectivity index (χ1) is 17.7. The van der Waals surface area contributed by atoms with Crippen LogP contribution >= 0.6 is 0 Å². The number of carbonyl (C=O) groups is 2. The van der Waals surface area contributed by atoms with Crippen LogP contribution in [0.2, 0.25) is 0 Å². The fraction of sp³-hybridized carbons (Fsp3) is 0.464. The second-order valence-corrected chi connectivity index (χ2v) is 12.4. The van der Waals surface area contributed by atoms with E-state index in [1.165, 1.54) is 0 Å². The van der Waals surface area contributed by atoms with Gasteiger partial charge in [0.2, 0.25) is 0 Å². The maximum atomic E-state index is 13.5. The van der Waals surface area contributed by atoms with Crippen molar-refractivity contribution in [2.45, 2.75) is 72.1 Å². The number of hydrogen-bond donors (Lipinski definition) is 0. The van der Waals surface area contributed by atoms with E-state index in [4.69, 9.17) is 14.5 Å².